The number of rotatable bonds is 4. The molecule has 0 atom stereocenters. The van der Waals surface area contributed by atoms with Gasteiger partial charge in [-0.2, -0.15) is 0 Å². The van der Waals surface area contributed by atoms with Gasteiger partial charge in [-0.25, -0.2) is 0 Å². The molecule has 0 radical (unpaired) electrons. The van der Waals surface area contributed by atoms with Crippen LogP contribution in [0.4, 0.5) is 17.1 Å². The van der Waals surface area contributed by atoms with E-state index in [0.29, 0.717) is 0 Å². The monoisotopic (exact) mass is 753 g/mol. The van der Waals surface area contributed by atoms with Gasteiger partial charge in [0, 0.05) is 33.2 Å². The van der Waals surface area contributed by atoms with Gasteiger partial charge >= 0.3 is 0 Å². The van der Waals surface area contributed by atoms with Crippen LogP contribution in [0.25, 0.3) is 76.8 Å². The summed E-state index contributed by atoms with van der Waals surface area (Å²) in [5.74, 6) is 1.69. The number of fused-ring (bicyclic) bond motifs is 12. The average molecular weight is 754 g/mol. The fourth-order valence-corrected chi connectivity index (χ4v) is 10.0. The minimum absolute atomic E-state index is 0.170. The molecule has 0 fully saturated rings. The molecule has 2 heteroatoms. The Labute approximate surface area is 344 Å². The van der Waals surface area contributed by atoms with Crippen LogP contribution in [0, 0.1) is 0 Å². The summed E-state index contributed by atoms with van der Waals surface area (Å²) >= 11 is 0. The second kappa shape index (κ2) is 12.8. The summed E-state index contributed by atoms with van der Waals surface area (Å²) in [7, 11) is 0. The molecule has 10 aromatic rings. The maximum Gasteiger partial charge on any atom is 0.143 e. The zero-order valence-corrected chi connectivity index (χ0v) is 32.9. The molecule has 0 bridgehead atoms. The van der Waals surface area contributed by atoms with Gasteiger partial charge in [0.2, 0.25) is 0 Å². The summed E-state index contributed by atoms with van der Waals surface area (Å²) in [5.41, 5.74) is 15.0. The molecule has 0 amide bonds. The fourth-order valence-electron chi connectivity index (χ4n) is 10.0. The Morgan fingerprint density at radius 1 is 0.390 bits per heavy atom. The van der Waals surface area contributed by atoms with E-state index in [0.717, 1.165) is 61.9 Å². The predicted octanol–water partition coefficient (Wildman–Crippen LogP) is 16.0. The maximum absolute atomic E-state index is 7.34. The summed E-state index contributed by atoms with van der Waals surface area (Å²) in [6, 6.07) is 73.2. The van der Waals surface area contributed by atoms with Gasteiger partial charge in [0.1, 0.15) is 11.5 Å². The fraction of sp³-hybridized carbons (Fsp3) is 0.0526. The van der Waals surface area contributed by atoms with E-state index in [1.807, 2.05) is 0 Å². The Hall–Kier alpha value is -7.42. The molecular formula is C57H39NO. The highest BCUT2D eigenvalue weighted by Gasteiger charge is 2.36. The van der Waals surface area contributed by atoms with Gasteiger partial charge in [0.15, 0.2) is 0 Å². The van der Waals surface area contributed by atoms with Crippen LogP contribution in [0.1, 0.15) is 25.0 Å². The van der Waals surface area contributed by atoms with E-state index in [-0.39, 0.29) is 5.41 Å². The van der Waals surface area contributed by atoms with E-state index < -0.39 is 0 Å². The van der Waals surface area contributed by atoms with Crippen molar-refractivity contribution in [3.63, 3.8) is 0 Å². The minimum Gasteiger partial charge on any atom is -0.455 e. The number of hydrogen-bond acceptors (Lipinski definition) is 2. The van der Waals surface area contributed by atoms with E-state index >= 15 is 0 Å². The molecule has 1 aliphatic carbocycles. The third-order valence-electron chi connectivity index (χ3n) is 12.8. The Bertz CT molecular complexity index is 3340. The zero-order chi connectivity index (χ0) is 39.2. The van der Waals surface area contributed by atoms with Crippen LogP contribution in [0.5, 0.6) is 11.5 Å². The van der Waals surface area contributed by atoms with Crippen LogP contribution >= 0.6 is 0 Å². The average Bonchev–Trinajstić information content (AvgIpc) is 3.41. The van der Waals surface area contributed by atoms with Gasteiger partial charge in [-0.1, -0.05) is 172 Å². The van der Waals surface area contributed by atoms with Crippen molar-refractivity contribution in [3.05, 3.63) is 211 Å². The first-order valence-electron chi connectivity index (χ1n) is 20.5. The highest BCUT2D eigenvalue weighted by Crippen LogP contribution is 2.57. The molecule has 59 heavy (non-hydrogen) atoms. The second-order valence-electron chi connectivity index (χ2n) is 16.4. The standard InChI is InChI=1S/C57H39NO/c1-57(2)50-27-13-12-23-44(50)45-31-30-40(35-51(45)57)58(53-34-39-20-8-9-21-41(39)43-22-10-11-24-46(43)53)52-28-15-29-54-55(52)49-33-38-19-7-6-18-37(38)32-48(49)47-26-14-25-42(56(47)59-54)36-16-4-3-5-17-36/h3-35H,1-2H3. The third kappa shape index (κ3) is 5.06. The van der Waals surface area contributed by atoms with Crippen molar-refractivity contribution in [1.82, 2.24) is 0 Å². The van der Waals surface area contributed by atoms with Crippen LogP contribution < -0.4 is 9.64 Å². The summed E-state index contributed by atoms with van der Waals surface area (Å²) in [6.07, 6.45) is 0. The first-order valence-corrected chi connectivity index (χ1v) is 20.5. The number of nitrogens with zero attached hydrogens (tertiary/aromatic N) is 1. The second-order valence-corrected chi connectivity index (χ2v) is 16.4. The Balaban J connectivity index is 1.19. The van der Waals surface area contributed by atoms with Crippen molar-refractivity contribution in [2.24, 2.45) is 0 Å². The van der Waals surface area contributed by atoms with E-state index in [1.165, 1.54) is 54.6 Å². The molecule has 0 aromatic heterocycles. The number of hydrogen-bond donors (Lipinski definition) is 0. The number of anilines is 3. The minimum atomic E-state index is -0.170. The molecule has 1 heterocycles. The van der Waals surface area contributed by atoms with Crippen LogP contribution in [0.3, 0.4) is 0 Å². The van der Waals surface area contributed by atoms with Crippen LogP contribution in [0.2, 0.25) is 0 Å². The Morgan fingerprint density at radius 3 is 1.85 bits per heavy atom. The molecule has 278 valence electrons. The molecule has 0 spiro atoms. The van der Waals surface area contributed by atoms with Gasteiger partial charge in [-0.05, 0) is 108 Å². The van der Waals surface area contributed by atoms with Crippen molar-refractivity contribution in [3.8, 4) is 56.0 Å². The van der Waals surface area contributed by atoms with E-state index in [4.69, 9.17) is 4.74 Å². The molecule has 0 saturated heterocycles. The molecule has 0 unspecified atom stereocenters. The van der Waals surface area contributed by atoms with Gasteiger partial charge in [0.25, 0.3) is 0 Å². The third-order valence-corrected chi connectivity index (χ3v) is 12.8. The largest absolute Gasteiger partial charge is 0.455 e. The zero-order valence-electron chi connectivity index (χ0n) is 32.9. The summed E-state index contributed by atoms with van der Waals surface area (Å²) < 4.78 is 7.34. The molecule has 0 N–H and O–H groups in total. The molecule has 0 saturated carbocycles. The lowest BCUT2D eigenvalue weighted by Crippen LogP contribution is -2.17. The number of para-hydroxylation sites is 1. The van der Waals surface area contributed by atoms with Crippen molar-refractivity contribution in [2.45, 2.75) is 19.3 Å². The summed E-state index contributed by atoms with van der Waals surface area (Å²) in [6.45, 7) is 4.73. The van der Waals surface area contributed by atoms with Crippen molar-refractivity contribution < 1.29 is 4.74 Å². The lowest BCUT2D eigenvalue weighted by atomic mass is 9.82. The molecule has 2 aliphatic rings. The first kappa shape index (κ1) is 33.7. The van der Waals surface area contributed by atoms with E-state index in [9.17, 15) is 0 Å². The van der Waals surface area contributed by atoms with E-state index in [2.05, 4.69) is 219 Å². The number of benzene rings is 10. The van der Waals surface area contributed by atoms with Crippen LogP contribution in [0.15, 0.2) is 200 Å². The SMILES string of the molecule is CC1(C)c2ccccc2-c2ccc(N(c3cccc4c3-c3cc5ccccc5cc3-c3cccc(-c5ccccc5)c3O4)c3cc4ccccc4c4ccccc34)cc21. The molecule has 12 rings (SSSR count). The quantitative estimate of drug-likeness (QED) is 0.166. The van der Waals surface area contributed by atoms with Crippen LogP contribution in [-0.2, 0) is 5.41 Å². The van der Waals surface area contributed by atoms with Gasteiger partial charge in [-0.3, -0.25) is 0 Å². The topological polar surface area (TPSA) is 12.5 Å². The Kier molecular flexibility index (Phi) is 7.31. The summed E-state index contributed by atoms with van der Waals surface area (Å²) in [4.78, 5) is 2.50. The Morgan fingerprint density at radius 2 is 1.02 bits per heavy atom. The predicted molar refractivity (Wildman–Crippen MR) is 248 cm³/mol. The van der Waals surface area contributed by atoms with Crippen molar-refractivity contribution >= 4 is 49.4 Å². The highest BCUT2D eigenvalue weighted by atomic mass is 16.5. The molecule has 10 aromatic carbocycles. The smallest absolute Gasteiger partial charge is 0.143 e. The highest BCUT2D eigenvalue weighted by molar-refractivity contribution is 6.16. The van der Waals surface area contributed by atoms with Gasteiger partial charge in [0.05, 0.1) is 11.4 Å². The van der Waals surface area contributed by atoms with Crippen molar-refractivity contribution in [1.29, 1.82) is 0 Å². The lowest BCUT2D eigenvalue weighted by molar-refractivity contribution is 0.489. The molecule has 2 nitrogen and oxygen atoms in total. The molecule has 1 aliphatic heterocycles. The summed E-state index contributed by atoms with van der Waals surface area (Å²) in [5, 5.41) is 7.24. The maximum atomic E-state index is 7.34. The lowest BCUT2D eigenvalue weighted by Gasteiger charge is -2.31. The normalized spacial score (nSPS) is 13.2. The van der Waals surface area contributed by atoms with Crippen LogP contribution in [-0.4, -0.2) is 0 Å². The van der Waals surface area contributed by atoms with E-state index in [1.54, 1.807) is 0 Å². The molecular weight excluding hydrogens is 715 g/mol. The van der Waals surface area contributed by atoms with Gasteiger partial charge in [-0.15, -0.1) is 0 Å². The number of ether oxygens (including phenoxy) is 1. The first-order chi connectivity index (χ1) is 29.0. The van der Waals surface area contributed by atoms with Gasteiger partial charge < -0.3 is 9.64 Å². The van der Waals surface area contributed by atoms with Crippen molar-refractivity contribution in [2.75, 3.05) is 4.90 Å².